The second-order valence-electron chi connectivity index (χ2n) is 5.68. The zero-order valence-corrected chi connectivity index (χ0v) is 11.0. The summed E-state index contributed by atoms with van der Waals surface area (Å²) in [5.41, 5.74) is -0.250. The largest absolute Gasteiger partial charge is 0.380 e. The number of carbonyl (C=O) groups excluding carboxylic acids is 1. The van der Waals surface area contributed by atoms with Gasteiger partial charge in [0.2, 0.25) is 0 Å². The molecule has 0 aromatic rings. The van der Waals surface area contributed by atoms with Crippen LogP contribution >= 0.6 is 0 Å². The van der Waals surface area contributed by atoms with Gasteiger partial charge in [0.05, 0.1) is 12.0 Å². The fraction of sp³-hybridized carbons (Fsp3) is 0.923. The fourth-order valence-electron chi connectivity index (χ4n) is 2.39. The first kappa shape index (κ1) is 13.7. The summed E-state index contributed by atoms with van der Waals surface area (Å²) in [5.74, 6) is 0.699. The van der Waals surface area contributed by atoms with Crippen molar-refractivity contribution in [1.82, 2.24) is 4.90 Å². The van der Waals surface area contributed by atoms with Gasteiger partial charge in [-0.2, -0.15) is 0 Å². The maximum absolute atomic E-state index is 11.2. The van der Waals surface area contributed by atoms with Gasteiger partial charge in [0, 0.05) is 19.2 Å². The normalized spacial score (nSPS) is 27.6. The molecular weight excluding hydrogens is 202 g/mol. The van der Waals surface area contributed by atoms with Crippen LogP contribution in [0.1, 0.15) is 33.6 Å². The highest BCUT2D eigenvalue weighted by Gasteiger charge is 2.36. The number of ether oxygens (including phenoxy) is 1. The summed E-state index contributed by atoms with van der Waals surface area (Å²) in [6.07, 6.45) is 3.14. The smallest absolute Gasteiger partial charge is 0.129 e. The molecule has 0 amide bonds. The van der Waals surface area contributed by atoms with Gasteiger partial charge in [-0.25, -0.2) is 0 Å². The lowest BCUT2D eigenvalue weighted by Crippen LogP contribution is -2.42. The van der Waals surface area contributed by atoms with Gasteiger partial charge in [-0.15, -0.1) is 0 Å². The van der Waals surface area contributed by atoms with Gasteiger partial charge in [-0.3, -0.25) is 0 Å². The van der Waals surface area contributed by atoms with Crippen LogP contribution in [0.25, 0.3) is 0 Å². The molecule has 94 valence electrons. The van der Waals surface area contributed by atoms with E-state index >= 15 is 0 Å². The van der Waals surface area contributed by atoms with E-state index < -0.39 is 0 Å². The quantitative estimate of drug-likeness (QED) is 0.650. The second-order valence-corrected chi connectivity index (χ2v) is 5.68. The molecular formula is C13H25NO2. The Bertz CT molecular complexity index is 222. The van der Waals surface area contributed by atoms with Gasteiger partial charge < -0.3 is 14.4 Å². The molecule has 16 heavy (non-hydrogen) atoms. The summed E-state index contributed by atoms with van der Waals surface area (Å²) < 4.78 is 5.36. The van der Waals surface area contributed by atoms with Gasteiger partial charge in [0.1, 0.15) is 6.29 Å². The molecule has 1 aliphatic heterocycles. The average Bonchev–Trinajstić information content (AvgIpc) is 2.66. The van der Waals surface area contributed by atoms with Crippen molar-refractivity contribution in [3.8, 4) is 0 Å². The molecule has 1 heterocycles. The summed E-state index contributed by atoms with van der Waals surface area (Å²) in [6.45, 7) is 8.84. The van der Waals surface area contributed by atoms with Crippen molar-refractivity contribution in [2.45, 2.75) is 39.7 Å². The molecule has 1 saturated heterocycles. The SMILES string of the molecule is CC(C)CC(C)N(C)CC1(C=O)CCOC1. The lowest BCUT2D eigenvalue weighted by molar-refractivity contribution is -0.117. The van der Waals surface area contributed by atoms with E-state index in [2.05, 4.69) is 32.7 Å². The number of nitrogens with zero attached hydrogens (tertiary/aromatic N) is 1. The van der Waals surface area contributed by atoms with Gasteiger partial charge in [0.15, 0.2) is 0 Å². The third-order valence-electron chi connectivity index (χ3n) is 3.51. The predicted octanol–water partition coefficient (Wildman–Crippen LogP) is 1.96. The summed E-state index contributed by atoms with van der Waals surface area (Å²) in [5, 5.41) is 0. The van der Waals surface area contributed by atoms with E-state index in [1.165, 1.54) is 6.42 Å². The summed E-state index contributed by atoms with van der Waals surface area (Å²) in [7, 11) is 2.11. The number of aldehydes is 1. The lowest BCUT2D eigenvalue weighted by atomic mass is 9.88. The molecule has 2 unspecified atom stereocenters. The fourth-order valence-corrected chi connectivity index (χ4v) is 2.39. The van der Waals surface area contributed by atoms with Gasteiger partial charge in [0.25, 0.3) is 0 Å². The van der Waals surface area contributed by atoms with E-state index in [1.54, 1.807) is 0 Å². The van der Waals surface area contributed by atoms with Crippen LogP contribution in [0.4, 0.5) is 0 Å². The first-order valence-electron chi connectivity index (χ1n) is 6.23. The third kappa shape index (κ3) is 3.56. The van der Waals surface area contributed by atoms with Crippen LogP contribution in [0.2, 0.25) is 0 Å². The van der Waals surface area contributed by atoms with E-state index in [-0.39, 0.29) is 5.41 Å². The van der Waals surface area contributed by atoms with Crippen molar-refractivity contribution in [3.05, 3.63) is 0 Å². The van der Waals surface area contributed by atoms with Gasteiger partial charge in [-0.05, 0) is 32.7 Å². The maximum Gasteiger partial charge on any atom is 0.129 e. The Hall–Kier alpha value is -0.410. The van der Waals surface area contributed by atoms with Crippen molar-refractivity contribution in [2.24, 2.45) is 11.3 Å². The molecule has 1 rings (SSSR count). The Morgan fingerprint density at radius 3 is 2.56 bits per heavy atom. The lowest BCUT2D eigenvalue weighted by Gasteiger charge is -2.32. The highest BCUT2D eigenvalue weighted by atomic mass is 16.5. The Labute approximate surface area is 99.1 Å². The molecule has 0 saturated carbocycles. The van der Waals surface area contributed by atoms with Crippen LogP contribution in [0.15, 0.2) is 0 Å². The topological polar surface area (TPSA) is 29.5 Å². The average molecular weight is 227 g/mol. The summed E-state index contributed by atoms with van der Waals surface area (Å²) in [4.78, 5) is 13.5. The highest BCUT2D eigenvalue weighted by Crippen LogP contribution is 2.28. The van der Waals surface area contributed by atoms with Crippen LogP contribution in [-0.2, 0) is 9.53 Å². The Balaban J connectivity index is 2.48. The zero-order chi connectivity index (χ0) is 12.2. The Kier molecular flexibility index (Phi) is 4.93. The highest BCUT2D eigenvalue weighted by molar-refractivity contribution is 5.60. The van der Waals surface area contributed by atoms with Crippen LogP contribution in [0.5, 0.6) is 0 Å². The molecule has 1 aliphatic rings. The third-order valence-corrected chi connectivity index (χ3v) is 3.51. The predicted molar refractivity (Wildman–Crippen MR) is 65.5 cm³/mol. The van der Waals surface area contributed by atoms with Crippen molar-refractivity contribution in [2.75, 3.05) is 26.8 Å². The van der Waals surface area contributed by atoms with E-state index in [0.29, 0.717) is 18.6 Å². The zero-order valence-electron chi connectivity index (χ0n) is 11.0. The van der Waals surface area contributed by atoms with E-state index in [0.717, 1.165) is 25.9 Å². The van der Waals surface area contributed by atoms with Gasteiger partial charge in [-0.1, -0.05) is 13.8 Å². The Morgan fingerprint density at radius 2 is 2.12 bits per heavy atom. The number of carbonyl (C=O) groups is 1. The molecule has 1 fully saturated rings. The van der Waals surface area contributed by atoms with Crippen LogP contribution in [-0.4, -0.2) is 44.0 Å². The van der Waals surface area contributed by atoms with Crippen LogP contribution in [0.3, 0.4) is 0 Å². The summed E-state index contributed by atoms with van der Waals surface area (Å²) in [6, 6.07) is 0.525. The number of rotatable bonds is 6. The van der Waals surface area contributed by atoms with Crippen molar-refractivity contribution in [1.29, 1.82) is 0 Å². The van der Waals surface area contributed by atoms with Crippen molar-refractivity contribution >= 4 is 6.29 Å². The van der Waals surface area contributed by atoms with E-state index in [1.807, 2.05) is 0 Å². The molecule has 2 atom stereocenters. The number of hydrogen-bond donors (Lipinski definition) is 0. The molecule has 3 nitrogen and oxygen atoms in total. The first-order valence-corrected chi connectivity index (χ1v) is 6.23. The van der Waals surface area contributed by atoms with Crippen molar-refractivity contribution < 1.29 is 9.53 Å². The van der Waals surface area contributed by atoms with Crippen LogP contribution < -0.4 is 0 Å². The molecule has 0 aromatic carbocycles. The van der Waals surface area contributed by atoms with E-state index in [4.69, 9.17) is 4.74 Å². The van der Waals surface area contributed by atoms with Crippen molar-refractivity contribution in [3.63, 3.8) is 0 Å². The Morgan fingerprint density at radius 1 is 1.44 bits per heavy atom. The monoisotopic (exact) mass is 227 g/mol. The molecule has 0 bridgehead atoms. The molecule has 0 aromatic heterocycles. The maximum atomic E-state index is 11.2. The first-order chi connectivity index (χ1) is 7.49. The minimum absolute atomic E-state index is 0.250. The molecule has 0 aliphatic carbocycles. The molecule has 0 spiro atoms. The summed E-state index contributed by atoms with van der Waals surface area (Å²) >= 11 is 0. The standard InChI is InChI=1S/C13H25NO2/c1-11(2)7-12(3)14(4)8-13(9-15)5-6-16-10-13/h9,11-12H,5-8,10H2,1-4H3. The minimum Gasteiger partial charge on any atom is -0.380 e. The molecule has 0 N–H and O–H groups in total. The van der Waals surface area contributed by atoms with Crippen LogP contribution in [0, 0.1) is 11.3 Å². The van der Waals surface area contributed by atoms with Gasteiger partial charge >= 0.3 is 0 Å². The minimum atomic E-state index is -0.250. The number of hydrogen-bond acceptors (Lipinski definition) is 3. The molecule has 3 heteroatoms. The molecule has 0 radical (unpaired) electrons. The van der Waals surface area contributed by atoms with E-state index in [9.17, 15) is 4.79 Å². The second kappa shape index (κ2) is 5.78.